The van der Waals surface area contributed by atoms with Gasteiger partial charge in [0, 0.05) is 16.8 Å². The van der Waals surface area contributed by atoms with Crippen molar-refractivity contribution in [1.29, 1.82) is 0 Å². The molecule has 1 heteroatoms. The molecule has 11 rings (SSSR count). The van der Waals surface area contributed by atoms with E-state index in [0.717, 1.165) is 11.4 Å². The van der Waals surface area contributed by atoms with Crippen molar-refractivity contribution in [3.63, 3.8) is 0 Å². The molecular weight excluding hydrogens is 723 g/mol. The summed E-state index contributed by atoms with van der Waals surface area (Å²) in [6, 6.07) is 88.3. The van der Waals surface area contributed by atoms with Crippen molar-refractivity contribution in [2.75, 3.05) is 4.90 Å². The van der Waals surface area contributed by atoms with E-state index in [9.17, 15) is 0 Å². The van der Waals surface area contributed by atoms with Gasteiger partial charge in [0.05, 0.1) is 16.5 Å². The second-order valence-electron chi connectivity index (χ2n) is 16.8. The highest BCUT2D eigenvalue weighted by Gasteiger charge is 2.61. The van der Waals surface area contributed by atoms with E-state index in [1.165, 1.54) is 72.4 Å². The van der Waals surface area contributed by atoms with Gasteiger partial charge in [-0.05, 0) is 97.1 Å². The van der Waals surface area contributed by atoms with Crippen LogP contribution in [0.2, 0.25) is 0 Å². The lowest BCUT2D eigenvalue weighted by Gasteiger charge is -2.57. The number of fused-ring (bicyclic) bond motifs is 6. The standard InChI is InChI=1S/C59H45N/c1-57(2)52-36-20-18-33-48(52)50-35-22-38-55(56(50)57)60(46-31-16-7-17-32-46)47-39-40-54-51(41-47)49-34-19-21-37-53(49)58(42-23-8-3-9-24-42,43-25-10-4-11-26-43)59(54,44-27-12-5-13-28-44)45-29-14-6-15-30-45/h3-41H,1-2H3. The van der Waals surface area contributed by atoms with Crippen LogP contribution in [0.25, 0.3) is 22.3 Å². The highest BCUT2D eigenvalue weighted by atomic mass is 15.1. The zero-order valence-corrected chi connectivity index (χ0v) is 34.0. The van der Waals surface area contributed by atoms with Crippen LogP contribution >= 0.6 is 0 Å². The first-order valence-corrected chi connectivity index (χ1v) is 21.1. The lowest BCUT2D eigenvalue weighted by Crippen LogP contribution is -2.54. The van der Waals surface area contributed by atoms with Gasteiger partial charge in [0.1, 0.15) is 0 Å². The summed E-state index contributed by atoms with van der Waals surface area (Å²) in [5.41, 5.74) is 17.2. The molecule has 0 N–H and O–H groups in total. The van der Waals surface area contributed by atoms with Crippen molar-refractivity contribution in [2.24, 2.45) is 0 Å². The molecule has 0 aromatic heterocycles. The molecule has 1 nitrogen and oxygen atoms in total. The summed E-state index contributed by atoms with van der Waals surface area (Å²) < 4.78 is 0. The zero-order chi connectivity index (χ0) is 40.3. The zero-order valence-electron chi connectivity index (χ0n) is 34.0. The number of benzene rings is 9. The number of anilines is 3. The molecule has 9 aromatic rings. The molecule has 0 atom stereocenters. The Morgan fingerprint density at radius 2 is 0.700 bits per heavy atom. The minimum atomic E-state index is -0.699. The molecule has 9 aromatic carbocycles. The third-order valence-electron chi connectivity index (χ3n) is 13.5. The Labute approximate surface area is 353 Å². The monoisotopic (exact) mass is 767 g/mol. The van der Waals surface area contributed by atoms with Crippen molar-refractivity contribution >= 4 is 17.1 Å². The average Bonchev–Trinajstić information content (AvgIpc) is 3.56. The second kappa shape index (κ2) is 14.0. The third kappa shape index (κ3) is 4.99. The van der Waals surface area contributed by atoms with E-state index in [1.54, 1.807) is 0 Å². The van der Waals surface area contributed by atoms with Crippen LogP contribution in [0.5, 0.6) is 0 Å². The molecule has 60 heavy (non-hydrogen) atoms. The topological polar surface area (TPSA) is 3.24 Å². The number of para-hydroxylation sites is 1. The quantitative estimate of drug-likeness (QED) is 0.156. The van der Waals surface area contributed by atoms with E-state index in [-0.39, 0.29) is 5.41 Å². The molecule has 0 aliphatic heterocycles. The van der Waals surface area contributed by atoms with E-state index in [0.29, 0.717) is 0 Å². The predicted octanol–water partition coefficient (Wildman–Crippen LogP) is 14.8. The Hall–Kier alpha value is -7.22. The highest BCUT2D eigenvalue weighted by Crippen LogP contribution is 2.66. The van der Waals surface area contributed by atoms with Gasteiger partial charge in [0.2, 0.25) is 0 Å². The summed E-state index contributed by atoms with van der Waals surface area (Å²) in [6.07, 6.45) is 0. The Balaban J connectivity index is 1.28. The van der Waals surface area contributed by atoms with E-state index in [4.69, 9.17) is 0 Å². The van der Waals surface area contributed by atoms with E-state index in [1.807, 2.05) is 0 Å². The van der Waals surface area contributed by atoms with Gasteiger partial charge in [-0.3, -0.25) is 0 Å². The lowest BCUT2D eigenvalue weighted by atomic mass is 9.43. The van der Waals surface area contributed by atoms with Crippen LogP contribution in [0.3, 0.4) is 0 Å². The number of nitrogens with zero attached hydrogens (tertiary/aromatic N) is 1. The molecule has 0 spiro atoms. The fraction of sp³-hybridized carbons (Fsp3) is 0.0847. The molecule has 0 unspecified atom stereocenters. The Kier molecular flexibility index (Phi) is 8.36. The van der Waals surface area contributed by atoms with Crippen molar-refractivity contribution in [3.8, 4) is 22.3 Å². The maximum atomic E-state index is 2.50. The van der Waals surface area contributed by atoms with E-state index < -0.39 is 10.8 Å². The third-order valence-corrected chi connectivity index (χ3v) is 13.5. The van der Waals surface area contributed by atoms with Crippen molar-refractivity contribution < 1.29 is 0 Å². The summed E-state index contributed by atoms with van der Waals surface area (Å²) in [5, 5.41) is 0. The molecule has 286 valence electrons. The molecule has 0 radical (unpaired) electrons. The molecule has 2 aliphatic rings. The van der Waals surface area contributed by atoms with Crippen LogP contribution in [0.1, 0.15) is 58.4 Å². The van der Waals surface area contributed by atoms with Crippen LogP contribution in [0, 0.1) is 0 Å². The molecule has 0 saturated carbocycles. The van der Waals surface area contributed by atoms with Gasteiger partial charge in [-0.1, -0.05) is 220 Å². The maximum Gasteiger partial charge on any atom is 0.0635 e. The maximum absolute atomic E-state index is 2.50. The summed E-state index contributed by atoms with van der Waals surface area (Å²) >= 11 is 0. The molecule has 0 bridgehead atoms. The summed E-state index contributed by atoms with van der Waals surface area (Å²) in [5.74, 6) is 0. The smallest absolute Gasteiger partial charge is 0.0635 e. The number of rotatable bonds is 7. The second-order valence-corrected chi connectivity index (χ2v) is 16.8. The van der Waals surface area contributed by atoms with Crippen LogP contribution in [-0.4, -0.2) is 0 Å². The van der Waals surface area contributed by atoms with E-state index >= 15 is 0 Å². The highest BCUT2D eigenvalue weighted by molar-refractivity contribution is 5.93. The number of hydrogen-bond acceptors (Lipinski definition) is 1. The largest absolute Gasteiger partial charge is 0.310 e. The molecular formula is C59H45N. The summed E-state index contributed by atoms with van der Waals surface area (Å²) in [6.45, 7) is 4.77. The summed E-state index contributed by atoms with van der Waals surface area (Å²) in [7, 11) is 0. The fourth-order valence-electron chi connectivity index (χ4n) is 11.3. The molecule has 0 fully saturated rings. The molecule has 2 aliphatic carbocycles. The Morgan fingerprint density at radius 3 is 1.22 bits per heavy atom. The van der Waals surface area contributed by atoms with Crippen LogP contribution in [-0.2, 0) is 16.2 Å². The minimum absolute atomic E-state index is 0.197. The van der Waals surface area contributed by atoms with Crippen molar-refractivity contribution in [2.45, 2.75) is 30.1 Å². The average molecular weight is 768 g/mol. The molecule has 0 saturated heterocycles. The minimum Gasteiger partial charge on any atom is -0.310 e. The fourth-order valence-corrected chi connectivity index (χ4v) is 11.3. The number of hydrogen-bond donors (Lipinski definition) is 0. The lowest BCUT2D eigenvalue weighted by molar-refractivity contribution is 0.415. The SMILES string of the molecule is CC1(C)c2ccccc2-c2cccc(N(c3ccccc3)c3ccc4c(c3)-c3ccccc3C(c3ccccc3)(c3ccccc3)C4(c3ccccc3)c3ccccc3)c21. The first kappa shape index (κ1) is 35.9. The van der Waals surface area contributed by atoms with Gasteiger partial charge >= 0.3 is 0 Å². The molecule has 0 amide bonds. The molecule has 0 heterocycles. The van der Waals surface area contributed by atoms with Gasteiger partial charge in [0.25, 0.3) is 0 Å². The van der Waals surface area contributed by atoms with Crippen LogP contribution in [0.4, 0.5) is 17.1 Å². The normalized spacial score (nSPS) is 14.9. The summed E-state index contributed by atoms with van der Waals surface area (Å²) in [4.78, 5) is 2.50. The van der Waals surface area contributed by atoms with Gasteiger partial charge in [-0.2, -0.15) is 0 Å². The van der Waals surface area contributed by atoms with Crippen molar-refractivity contribution in [3.05, 3.63) is 281 Å². The van der Waals surface area contributed by atoms with Gasteiger partial charge in [-0.25, -0.2) is 0 Å². The van der Waals surface area contributed by atoms with Gasteiger partial charge < -0.3 is 4.90 Å². The van der Waals surface area contributed by atoms with Crippen molar-refractivity contribution in [1.82, 2.24) is 0 Å². The Bertz CT molecular complexity index is 2910. The van der Waals surface area contributed by atoms with E-state index in [2.05, 4.69) is 255 Å². The van der Waals surface area contributed by atoms with Gasteiger partial charge in [0.15, 0.2) is 0 Å². The first-order chi connectivity index (χ1) is 29.6. The van der Waals surface area contributed by atoms with Crippen LogP contribution < -0.4 is 4.90 Å². The predicted molar refractivity (Wildman–Crippen MR) is 250 cm³/mol. The first-order valence-electron chi connectivity index (χ1n) is 21.1. The van der Waals surface area contributed by atoms with Gasteiger partial charge in [-0.15, -0.1) is 0 Å². The Morgan fingerprint density at radius 1 is 0.300 bits per heavy atom. The van der Waals surface area contributed by atoms with Crippen LogP contribution in [0.15, 0.2) is 237 Å².